The molecule has 3 aromatic carbocycles. The number of anilines is 1. The molecule has 62 heavy (non-hydrogen) atoms. The molecule has 0 saturated carbocycles. The maximum atomic E-state index is 14.4. The number of hydrogen-bond acceptors (Lipinski definition) is 14. The van der Waals surface area contributed by atoms with Crippen molar-refractivity contribution in [2.24, 2.45) is 28.8 Å². The summed E-state index contributed by atoms with van der Waals surface area (Å²) in [6.07, 6.45) is 5.84. The summed E-state index contributed by atoms with van der Waals surface area (Å²) in [4.78, 5) is 46.0. The van der Waals surface area contributed by atoms with Crippen molar-refractivity contribution in [3.63, 3.8) is 0 Å². The average Bonchev–Trinajstić information content (AvgIpc) is 3.51. The highest BCUT2D eigenvalue weighted by molar-refractivity contribution is 6.23. The molecular weight excluding hydrogens is 801 g/mol. The van der Waals surface area contributed by atoms with Crippen molar-refractivity contribution in [3.05, 3.63) is 88.7 Å². The van der Waals surface area contributed by atoms with E-state index in [1.807, 2.05) is 30.3 Å². The first-order valence-corrected chi connectivity index (χ1v) is 20.6. The number of nitrogens with zero attached hydrogens (tertiary/aromatic N) is 1. The third kappa shape index (κ3) is 9.75. The Morgan fingerprint density at radius 3 is 2.29 bits per heavy atom. The molecule has 1 amide bonds. The maximum absolute atomic E-state index is 14.4. The number of carbonyl (C=O) groups is 3. The highest BCUT2D eigenvalue weighted by Gasteiger charge is 2.50. The summed E-state index contributed by atoms with van der Waals surface area (Å²) in [5, 5.41) is 64.4. The normalized spacial score (nSPS) is 29.1. The molecule has 5 bridgehead atoms. The van der Waals surface area contributed by atoms with Gasteiger partial charge in [0.05, 0.1) is 53.0 Å². The fourth-order valence-corrected chi connectivity index (χ4v) is 8.00. The number of carbonyl (C=O) groups excluding carboxylic acids is 3. The van der Waals surface area contributed by atoms with Gasteiger partial charge in [-0.05, 0) is 38.3 Å². The molecule has 0 aliphatic carbocycles. The van der Waals surface area contributed by atoms with Crippen LogP contribution in [0.15, 0.2) is 71.6 Å². The number of phenolic OH excluding ortho intramolecular Hbond substituents is 3. The van der Waals surface area contributed by atoms with E-state index in [1.54, 1.807) is 39.8 Å². The molecule has 15 heteroatoms. The second kappa shape index (κ2) is 19.9. The quantitative estimate of drug-likeness (QED) is 0.0346. The first-order chi connectivity index (χ1) is 29.3. The summed E-state index contributed by atoms with van der Waals surface area (Å²) in [5.74, 6) is -8.67. The van der Waals surface area contributed by atoms with Gasteiger partial charge in [-0.25, -0.2) is 0 Å². The number of oxime groups is 1. The Hall–Kier alpha value is -5.90. The van der Waals surface area contributed by atoms with Crippen LogP contribution in [0.5, 0.6) is 23.0 Å². The van der Waals surface area contributed by atoms with Gasteiger partial charge in [-0.15, -0.1) is 0 Å². The Morgan fingerprint density at radius 2 is 1.63 bits per heavy atom. The Kier molecular flexibility index (Phi) is 15.1. The van der Waals surface area contributed by atoms with Crippen LogP contribution in [-0.2, 0) is 35.1 Å². The number of ether oxygens (including phenoxy) is 4. The molecule has 0 aromatic heterocycles. The number of methoxy groups -OCH3 is 1. The Balaban J connectivity index is 1.64. The van der Waals surface area contributed by atoms with Gasteiger partial charge in [-0.3, -0.25) is 14.4 Å². The van der Waals surface area contributed by atoms with Crippen molar-refractivity contribution in [3.8, 4) is 23.0 Å². The van der Waals surface area contributed by atoms with Crippen LogP contribution in [0.25, 0.3) is 10.8 Å². The first-order valence-electron chi connectivity index (χ1n) is 20.6. The predicted octanol–water partition coefficient (Wildman–Crippen LogP) is 6.74. The number of Topliss-reactive ketones (excluding diaryl/α,β-unsaturated/α-hetero) is 1. The number of rotatable bonds is 8. The van der Waals surface area contributed by atoms with Gasteiger partial charge >= 0.3 is 11.8 Å². The number of nitrogens with one attached hydrogen (secondary N) is 1. The van der Waals surface area contributed by atoms with E-state index in [9.17, 15) is 39.9 Å². The number of aliphatic hydroxyl groups is 2. The van der Waals surface area contributed by atoms with E-state index in [0.29, 0.717) is 12.8 Å². The van der Waals surface area contributed by atoms with Crippen molar-refractivity contribution in [2.45, 2.75) is 98.4 Å². The van der Waals surface area contributed by atoms with Gasteiger partial charge in [-0.2, -0.15) is 0 Å². The third-order valence-electron chi connectivity index (χ3n) is 11.8. The van der Waals surface area contributed by atoms with Crippen molar-refractivity contribution in [1.82, 2.24) is 0 Å². The minimum Gasteiger partial charge on any atom is -0.507 e. The van der Waals surface area contributed by atoms with Gasteiger partial charge in [0.25, 0.3) is 11.7 Å². The molecule has 6 rings (SSSR count). The number of aryl methyl sites for hydroxylation is 1. The van der Waals surface area contributed by atoms with Crippen LogP contribution in [0, 0.1) is 30.6 Å². The number of benzene rings is 3. The predicted molar refractivity (Wildman–Crippen MR) is 232 cm³/mol. The smallest absolute Gasteiger partial charge is 0.312 e. The summed E-state index contributed by atoms with van der Waals surface area (Å²) in [5.41, 5.74) is 0.484. The molecule has 3 heterocycles. The van der Waals surface area contributed by atoms with E-state index < -0.39 is 88.8 Å². The van der Waals surface area contributed by atoms with Gasteiger partial charge in [0.1, 0.15) is 30.0 Å². The van der Waals surface area contributed by atoms with E-state index in [2.05, 4.69) is 10.5 Å². The maximum Gasteiger partial charge on any atom is 0.312 e. The second-order valence-electron chi connectivity index (χ2n) is 16.3. The van der Waals surface area contributed by atoms with E-state index >= 15 is 0 Å². The number of amides is 1. The van der Waals surface area contributed by atoms with Crippen molar-refractivity contribution >= 4 is 40.3 Å². The largest absolute Gasteiger partial charge is 0.507 e. The number of allylic oxidation sites excluding steroid dienone is 2. The van der Waals surface area contributed by atoms with Crippen molar-refractivity contribution in [1.29, 1.82) is 0 Å². The van der Waals surface area contributed by atoms with Crippen LogP contribution in [0.1, 0.15) is 81.9 Å². The second-order valence-corrected chi connectivity index (χ2v) is 16.3. The van der Waals surface area contributed by atoms with Gasteiger partial charge in [0, 0.05) is 61.2 Å². The highest BCUT2D eigenvalue weighted by Crippen LogP contribution is 2.55. The molecule has 0 fully saturated rings. The molecular formula is C47H58N2O13. The first kappa shape index (κ1) is 47.2. The molecule has 9 atom stereocenters. The van der Waals surface area contributed by atoms with Gasteiger partial charge < -0.3 is 54.6 Å². The molecule has 6 N–H and O–H groups in total. The minimum atomic E-state index is -2.07. The van der Waals surface area contributed by atoms with E-state index in [4.69, 9.17) is 23.8 Å². The molecule has 3 aliphatic rings. The Morgan fingerprint density at radius 1 is 0.935 bits per heavy atom. The minimum absolute atomic E-state index is 0.0322. The molecule has 334 valence electrons. The molecule has 3 aromatic rings. The van der Waals surface area contributed by atoms with Gasteiger partial charge in [-0.1, -0.05) is 81.4 Å². The summed E-state index contributed by atoms with van der Waals surface area (Å²) in [6.45, 7) is 12.6. The monoisotopic (exact) mass is 858 g/mol. The molecule has 3 aliphatic heterocycles. The average molecular weight is 859 g/mol. The van der Waals surface area contributed by atoms with E-state index in [1.165, 1.54) is 53.2 Å². The molecule has 0 radical (unpaired) electrons. The van der Waals surface area contributed by atoms with Crippen LogP contribution in [0.3, 0.4) is 0 Å². The van der Waals surface area contributed by atoms with Crippen LogP contribution in [0.2, 0.25) is 0 Å². The summed E-state index contributed by atoms with van der Waals surface area (Å²) < 4.78 is 23.6. The summed E-state index contributed by atoms with van der Waals surface area (Å²) in [6, 6.07) is 9.77. The lowest BCUT2D eigenvalue weighted by Crippen LogP contribution is -2.46. The number of aromatic hydroxyl groups is 3. The van der Waals surface area contributed by atoms with E-state index in [0.717, 1.165) is 11.8 Å². The topological polar surface area (TPSA) is 223 Å². The molecule has 0 spiro atoms. The lowest BCUT2D eigenvalue weighted by atomic mass is 9.78. The van der Waals surface area contributed by atoms with Crippen molar-refractivity contribution < 1.29 is 63.7 Å². The summed E-state index contributed by atoms with van der Waals surface area (Å²) >= 11 is 0. The van der Waals surface area contributed by atoms with Crippen molar-refractivity contribution in [2.75, 3.05) is 19.0 Å². The Labute approximate surface area is 361 Å². The lowest BCUT2D eigenvalue weighted by molar-refractivity contribution is -0.160. The molecule has 0 saturated heterocycles. The number of phenols is 3. The number of ketones is 1. The lowest BCUT2D eigenvalue weighted by Gasteiger charge is -2.38. The van der Waals surface area contributed by atoms with Crippen LogP contribution >= 0.6 is 0 Å². The SMILES string of the molecule is COC1/C=C\OC2(C)Oc3c(C)c(O)c4c(O)c(c(/C=N/OCCCc5ccccc5)c(O)c4c3C2=O)NC(=O)/C(C)=C\C=C/C(C)C(O)C(C)C(O)C(C)C(OC(C)=O)C1C. The van der Waals surface area contributed by atoms with Crippen LogP contribution < -0.4 is 10.1 Å². The third-order valence-corrected chi connectivity index (χ3v) is 11.8. The van der Waals surface area contributed by atoms with Gasteiger partial charge in [0.15, 0.2) is 5.75 Å². The zero-order chi connectivity index (χ0) is 45.6. The van der Waals surface area contributed by atoms with Crippen LogP contribution in [-0.4, -0.2) is 93.3 Å². The van der Waals surface area contributed by atoms with Gasteiger partial charge in [0.2, 0.25) is 0 Å². The van der Waals surface area contributed by atoms with E-state index in [-0.39, 0.29) is 51.1 Å². The number of hydrogen-bond donors (Lipinski definition) is 6. The number of aliphatic hydroxyl groups excluding tert-OH is 2. The zero-order valence-electron chi connectivity index (χ0n) is 36.5. The highest BCUT2D eigenvalue weighted by atomic mass is 16.7. The van der Waals surface area contributed by atoms with Crippen LogP contribution in [0.4, 0.5) is 5.69 Å². The fraction of sp³-hybridized carbons (Fsp3) is 0.447. The Bertz CT molecular complexity index is 2270. The molecule has 9 unspecified atom stereocenters. The zero-order valence-corrected chi connectivity index (χ0v) is 36.5. The standard InChI is InChI=1S/C47H58N2O13/c1-24-15-13-16-25(2)46(57)49-37-32(23-48-60-21-14-19-31-17-11-10-12-18-31)41(54)34-35(42(37)55)40(53)29(6)44-36(34)45(56)47(8,62-44)59-22-20-33(58-9)26(3)43(61-30(7)50)28(5)39(52)27(4)38(24)51/h10-13,15-18,20,22-24,26-28,33,38-39,43,51-55H,14,19,21H2,1-9H3,(H,49,57)/b15-13-,22-20-,25-16-,48-23+. The fourth-order valence-electron chi connectivity index (χ4n) is 8.00. The molecule has 15 nitrogen and oxygen atoms in total. The number of fused-ring (bicyclic) bond motifs is 14. The number of esters is 1. The summed E-state index contributed by atoms with van der Waals surface area (Å²) in [7, 11) is 1.43.